The van der Waals surface area contributed by atoms with Crippen molar-refractivity contribution in [1.29, 1.82) is 0 Å². The summed E-state index contributed by atoms with van der Waals surface area (Å²) < 4.78 is 1.61. The van der Waals surface area contributed by atoms with E-state index in [2.05, 4.69) is 48.4 Å². The maximum absolute atomic E-state index is 13.2. The summed E-state index contributed by atoms with van der Waals surface area (Å²) >= 11 is 0. The molecule has 0 spiro atoms. The van der Waals surface area contributed by atoms with Gasteiger partial charge in [0, 0.05) is 22.5 Å². The summed E-state index contributed by atoms with van der Waals surface area (Å²) in [4.78, 5) is 18.0. The molecule has 148 valence electrons. The number of H-pyrrole nitrogens is 1. The summed E-state index contributed by atoms with van der Waals surface area (Å²) in [6, 6.07) is 18.8. The minimum Gasteiger partial charge on any atom is -0.293 e. The van der Waals surface area contributed by atoms with Crippen LogP contribution in [0.4, 0.5) is 0 Å². The molecule has 0 atom stereocenters. The summed E-state index contributed by atoms with van der Waals surface area (Å²) in [5.74, 6) is 0. The monoisotopic (exact) mass is 385 g/mol. The third-order valence-corrected chi connectivity index (χ3v) is 5.62. The van der Waals surface area contributed by atoms with Gasteiger partial charge in [-0.15, -0.1) is 0 Å². The van der Waals surface area contributed by atoms with E-state index in [4.69, 9.17) is 4.98 Å². The Bertz CT molecular complexity index is 1200. The van der Waals surface area contributed by atoms with E-state index in [-0.39, 0.29) is 5.56 Å². The standard InChI is InChI=1S/C25H27N3O/c1-4-19-10-8-11-20(16-19)12-9-15-22-17(2)26-24-23(21-13-6-5-7-14-21)18(3)27-28(24)25(22)29/h5-8,10-11,13-14,16,27H,4,9,12,15H2,1-3H3. The normalized spacial score (nSPS) is 11.3. The number of aryl methyl sites for hydroxylation is 4. The van der Waals surface area contributed by atoms with Gasteiger partial charge in [0.05, 0.1) is 0 Å². The van der Waals surface area contributed by atoms with E-state index < -0.39 is 0 Å². The van der Waals surface area contributed by atoms with Crippen molar-refractivity contribution >= 4 is 5.65 Å². The van der Waals surface area contributed by atoms with E-state index in [1.54, 1.807) is 4.52 Å². The van der Waals surface area contributed by atoms with E-state index in [1.807, 2.05) is 32.0 Å². The van der Waals surface area contributed by atoms with Crippen molar-refractivity contribution in [2.75, 3.05) is 0 Å². The van der Waals surface area contributed by atoms with Crippen LogP contribution in [0.15, 0.2) is 59.4 Å². The van der Waals surface area contributed by atoms with Crippen LogP contribution in [-0.2, 0) is 19.3 Å². The first-order chi connectivity index (χ1) is 14.1. The topological polar surface area (TPSA) is 50.2 Å². The molecule has 0 unspecified atom stereocenters. The summed E-state index contributed by atoms with van der Waals surface area (Å²) in [5, 5.41) is 3.23. The lowest BCUT2D eigenvalue weighted by atomic mass is 10.0. The summed E-state index contributed by atoms with van der Waals surface area (Å²) in [7, 11) is 0. The van der Waals surface area contributed by atoms with E-state index in [0.29, 0.717) is 5.65 Å². The Hall–Kier alpha value is -3.14. The van der Waals surface area contributed by atoms with Crippen LogP contribution in [-0.4, -0.2) is 14.6 Å². The summed E-state index contributed by atoms with van der Waals surface area (Å²) in [6.07, 6.45) is 3.68. The third-order valence-electron chi connectivity index (χ3n) is 5.62. The Morgan fingerprint density at radius 3 is 2.48 bits per heavy atom. The van der Waals surface area contributed by atoms with Gasteiger partial charge < -0.3 is 0 Å². The van der Waals surface area contributed by atoms with Crippen molar-refractivity contribution in [2.24, 2.45) is 0 Å². The SMILES string of the molecule is CCc1cccc(CCCc2c(C)nc3c(-c4ccccc4)c(C)[nH]n3c2=O)c1. The van der Waals surface area contributed by atoms with E-state index in [1.165, 1.54) is 11.1 Å². The number of rotatable bonds is 6. The molecule has 1 N–H and O–H groups in total. The molecule has 2 aromatic heterocycles. The maximum atomic E-state index is 13.2. The van der Waals surface area contributed by atoms with Crippen LogP contribution in [0.3, 0.4) is 0 Å². The lowest BCUT2D eigenvalue weighted by molar-refractivity contribution is 0.772. The fourth-order valence-electron chi connectivity index (χ4n) is 4.04. The number of fused-ring (bicyclic) bond motifs is 1. The second kappa shape index (κ2) is 8.08. The number of hydrogen-bond donors (Lipinski definition) is 1. The van der Waals surface area contributed by atoms with Gasteiger partial charge in [-0.3, -0.25) is 9.89 Å². The second-order valence-corrected chi connectivity index (χ2v) is 7.64. The Balaban J connectivity index is 1.63. The molecule has 0 fully saturated rings. The van der Waals surface area contributed by atoms with Gasteiger partial charge in [0.15, 0.2) is 5.65 Å². The molecule has 4 aromatic rings. The summed E-state index contributed by atoms with van der Waals surface area (Å²) in [5.41, 5.74) is 8.05. The van der Waals surface area contributed by atoms with Crippen LogP contribution in [0.2, 0.25) is 0 Å². The van der Waals surface area contributed by atoms with E-state index in [9.17, 15) is 4.79 Å². The molecule has 0 aliphatic carbocycles. The molecule has 4 rings (SSSR count). The minimum atomic E-state index is 0.0140. The zero-order valence-electron chi connectivity index (χ0n) is 17.3. The first-order valence-electron chi connectivity index (χ1n) is 10.3. The van der Waals surface area contributed by atoms with Gasteiger partial charge in [-0.2, -0.15) is 0 Å². The quantitative estimate of drug-likeness (QED) is 0.505. The van der Waals surface area contributed by atoms with Gasteiger partial charge in [-0.25, -0.2) is 9.50 Å². The average Bonchev–Trinajstić information content (AvgIpc) is 3.07. The van der Waals surface area contributed by atoms with Crippen molar-refractivity contribution < 1.29 is 0 Å². The van der Waals surface area contributed by atoms with Gasteiger partial charge in [0.25, 0.3) is 5.56 Å². The molecule has 0 radical (unpaired) electrons. The largest absolute Gasteiger partial charge is 0.293 e. The van der Waals surface area contributed by atoms with Gasteiger partial charge >= 0.3 is 0 Å². The molecule has 4 nitrogen and oxygen atoms in total. The molecule has 2 aromatic carbocycles. The Labute approximate surface area is 171 Å². The van der Waals surface area contributed by atoms with Gasteiger partial charge in [-0.1, -0.05) is 61.5 Å². The highest BCUT2D eigenvalue weighted by molar-refractivity contribution is 5.79. The number of nitrogens with zero attached hydrogens (tertiary/aromatic N) is 2. The first kappa shape index (κ1) is 19.2. The number of aromatic amines is 1. The number of benzene rings is 2. The van der Waals surface area contributed by atoms with Crippen LogP contribution >= 0.6 is 0 Å². The van der Waals surface area contributed by atoms with Crippen LogP contribution < -0.4 is 5.56 Å². The highest BCUT2D eigenvalue weighted by atomic mass is 16.1. The number of hydrogen-bond acceptors (Lipinski definition) is 2. The zero-order chi connectivity index (χ0) is 20.4. The van der Waals surface area contributed by atoms with E-state index in [0.717, 1.165) is 53.8 Å². The zero-order valence-corrected chi connectivity index (χ0v) is 17.3. The second-order valence-electron chi connectivity index (χ2n) is 7.64. The molecule has 4 heteroatoms. The molecule has 0 saturated carbocycles. The molecule has 0 saturated heterocycles. The smallest absolute Gasteiger partial charge is 0.276 e. The Morgan fingerprint density at radius 1 is 0.966 bits per heavy atom. The molecule has 0 aliphatic rings. The van der Waals surface area contributed by atoms with Crippen molar-refractivity contribution in [1.82, 2.24) is 14.6 Å². The molecule has 29 heavy (non-hydrogen) atoms. The third kappa shape index (κ3) is 3.75. The van der Waals surface area contributed by atoms with Crippen LogP contribution in [0, 0.1) is 13.8 Å². The molecular weight excluding hydrogens is 358 g/mol. The van der Waals surface area contributed by atoms with Crippen molar-refractivity contribution in [3.63, 3.8) is 0 Å². The van der Waals surface area contributed by atoms with Crippen LogP contribution in [0.5, 0.6) is 0 Å². The Kier molecular flexibility index (Phi) is 5.34. The van der Waals surface area contributed by atoms with Gasteiger partial charge in [0.2, 0.25) is 0 Å². The maximum Gasteiger partial charge on any atom is 0.276 e. The molecular formula is C25H27N3O. The van der Waals surface area contributed by atoms with E-state index >= 15 is 0 Å². The minimum absolute atomic E-state index is 0.0140. The molecule has 0 aliphatic heterocycles. The molecule has 2 heterocycles. The highest BCUT2D eigenvalue weighted by Crippen LogP contribution is 2.26. The van der Waals surface area contributed by atoms with Gasteiger partial charge in [0.1, 0.15) is 0 Å². The van der Waals surface area contributed by atoms with Crippen molar-refractivity contribution in [3.05, 3.63) is 93.0 Å². The highest BCUT2D eigenvalue weighted by Gasteiger charge is 2.17. The first-order valence-corrected chi connectivity index (χ1v) is 10.3. The van der Waals surface area contributed by atoms with Crippen molar-refractivity contribution in [3.8, 4) is 11.1 Å². The predicted molar refractivity (Wildman–Crippen MR) is 119 cm³/mol. The number of aromatic nitrogens is 3. The lowest BCUT2D eigenvalue weighted by Crippen LogP contribution is -2.22. The molecule has 0 amide bonds. The molecule has 0 bridgehead atoms. The van der Waals surface area contributed by atoms with Crippen molar-refractivity contribution in [2.45, 2.75) is 46.5 Å². The lowest BCUT2D eigenvalue weighted by Gasteiger charge is -2.07. The van der Waals surface area contributed by atoms with Crippen LogP contribution in [0.1, 0.15) is 41.4 Å². The fraction of sp³-hybridized carbons (Fsp3) is 0.280. The summed E-state index contributed by atoms with van der Waals surface area (Å²) in [6.45, 7) is 6.12. The number of nitrogens with one attached hydrogen (secondary N) is 1. The predicted octanol–water partition coefficient (Wildman–Crippen LogP) is 5.04. The average molecular weight is 386 g/mol. The van der Waals surface area contributed by atoms with Crippen LogP contribution in [0.25, 0.3) is 16.8 Å². The Morgan fingerprint density at radius 2 is 1.72 bits per heavy atom. The van der Waals surface area contributed by atoms with Gasteiger partial charge in [-0.05, 0) is 56.2 Å². The fourth-order valence-corrected chi connectivity index (χ4v) is 4.04.